The number of pyridine rings is 1. The Labute approximate surface area is 124 Å². The molecule has 2 rings (SSSR count). The monoisotopic (exact) mass is 285 g/mol. The molecule has 0 aliphatic heterocycles. The summed E-state index contributed by atoms with van der Waals surface area (Å²) in [5, 5.41) is 7.57. The normalized spacial score (nSPS) is 10.1. The molecule has 0 radical (unpaired) electrons. The third-order valence-corrected chi connectivity index (χ3v) is 3.10. The average Bonchev–Trinajstić information content (AvgIpc) is 2.52. The van der Waals surface area contributed by atoms with Crippen LogP contribution in [0.25, 0.3) is 0 Å². The highest BCUT2D eigenvalue weighted by atomic mass is 16.5. The number of ether oxygens (including phenoxy) is 2. The first-order chi connectivity index (χ1) is 10.2. The summed E-state index contributed by atoms with van der Waals surface area (Å²) >= 11 is 0. The van der Waals surface area contributed by atoms with Crippen LogP contribution in [0.1, 0.15) is 17.5 Å². The number of nitrogens with zero attached hydrogens (tertiary/aromatic N) is 1. The maximum Gasteiger partial charge on any atom is 0.133 e. The van der Waals surface area contributed by atoms with E-state index < -0.39 is 0 Å². The molecule has 0 saturated heterocycles. The van der Waals surface area contributed by atoms with Crippen LogP contribution in [0.2, 0.25) is 0 Å². The van der Waals surface area contributed by atoms with Crippen LogP contribution in [-0.2, 0) is 6.42 Å². The zero-order valence-electron chi connectivity index (χ0n) is 12.0. The summed E-state index contributed by atoms with van der Waals surface area (Å²) in [6.45, 7) is 0.551. The maximum atomic E-state index is 7.57. The minimum absolute atomic E-state index is 0.0122. The van der Waals surface area contributed by atoms with Gasteiger partial charge in [0.05, 0.1) is 19.3 Å². The summed E-state index contributed by atoms with van der Waals surface area (Å²) in [6.07, 6.45) is 5.36. The van der Waals surface area contributed by atoms with E-state index in [0.29, 0.717) is 23.7 Å². The quantitative estimate of drug-likeness (QED) is 0.465. The molecular weight excluding hydrogens is 266 g/mol. The molecule has 2 aromatic rings. The minimum Gasteiger partial charge on any atom is -0.497 e. The number of methoxy groups -OCH3 is 1. The van der Waals surface area contributed by atoms with Crippen LogP contribution < -0.4 is 15.2 Å². The number of nitrogens with one attached hydrogen (secondary N) is 1. The number of hydrogen-bond acceptors (Lipinski definition) is 4. The molecule has 5 heteroatoms. The van der Waals surface area contributed by atoms with Gasteiger partial charge in [-0.2, -0.15) is 0 Å². The average molecular weight is 285 g/mol. The summed E-state index contributed by atoms with van der Waals surface area (Å²) in [7, 11) is 1.59. The second-order valence-electron chi connectivity index (χ2n) is 4.58. The van der Waals surface area contributed by atoms with Crippen molar-refractivity contribution in [2.24, 2.45) is 5.73 Å². The van der Waals surface area contributed by atoms with E-state index >= 15 is 0 Å². The van der Waals surface area contributed by atoms with Crippen LogP contribution in [0.15, 0.2) is 42.7 Å². The highest BCUT2D eigenvalue weighted by Crippen LogP contribution is 2.24. The highest BCUT2D eigenvalue weighted by Gasteiger charge is 2.08. The van der Waals surface area contributed by atoms with Gasteiger partial charge in [0.1, 0.15) is 17.3 Å². The smallest absolute Gasteiger partial charge is 0.133 e. The van der Waals surface area contributed by atoms with Crippen LogP contribution >= 0.6 is 0 Å². The number of benzene rings is 1. The predicted molar refractivity (Wildman–Crippen MR) is 82.1 cm³/mol. The molecule has 0 amide bonds. The summed E-state index contributed by atoms with van der Waals surface area (Å²) in [6, 6.07) is 9.24. The molecule has 1 aromatic carbocycles. The third-order valence-electron chi connectivity index (χ3n) is 3.10. The van der Waals surface area contributed by atoms with Gasteiger partial charge in [0, 0.05) is 18.5 Å². The SMILES string of the molecule is COc1ccc(C(=N)N)c(OCCCc2ccncc2)c1. The van der Waals surface area contributed by atoms with Gasteiger partial charge in [-0.1, -0.05) is 0 Å². The van der Waals surface area contributed by atoms with E-state index in [1.54, 1.807) is 37.7 Å². The molecule has 110 valence electrons. The van der Waals surface area contributed by atoms with Gasteiger partial charge in [-0.05, 0) is 42.7 Å². The van der Waals surface area contributed by atoms with Crippen molar-refractivity contribution in [3.63, 3.8) is 0 Å². The molecule has 0 aliphatic carbocycles. The van der Waals surface area contributed by atoms with Crippen molar-refractivity contribution in [2.45, 2.75) is 12.8 Å². The Morgan fingerprint density at radius 3 is 2.67 bits per heavy atom. The summed E-state index contributed by atoms with van der Waals surface area (Å²) in [5.74, 6) is 1.25. The van der Waals surface area contributed by atoms with Crippen LogP contribution in [-0.4, -0.2) is 24.5 Å². The van der Waals surface area contributed by atoms with Gasteiger partial charge in [-0.25, -0.2) is 0 Å². The lowest BCUT2D eigenvalue weighted by Crippen LogP contribution is -2.13. The van der Waals surface area contributed by atoms with E-state index in [9.17, 15) is 0 Å². The number of aromatic nitrogens is 1. The van der Waals surface area contributed by atoms with Gasteiger partial charge in [0.15, 0.2) is 0 Å². The molecule has 5 nitrogen and oxygen atoms in total. The summed E-state index contributed by atoms with van der Waals surface area (Å²) in [5.41, 5.74) is 7.37. The van der Waals surface area contributed by atoms with Gasteiger partial charge >= 0.3 is 0 Å². The van der Waals surface area contributed by atoms with Crippen molar-refractivity contribution >= 4 is 5.84 Å². The van der Waals surface area contributed by atoms with Crippen LogP contribution in [0, 0.1) is 5.41 Å². The molecule has 0 fully saturated rings. The van der Waals surface area contributed by atoms with Gasteiger partial charge in [-0.15, -0.1) is 0 Å². The van der Waals surface area contributed by atoms with E-state index in [-0.39, 0.29) is 5.84 Å². The third kappa shape index (κ3) is 4.21. The topological polar surface area (TPSA) is 81.2 Å². The van der Waals surface area contributed by atoms with Crippen LogP contribution in [0.4, 0.5) is 0 Å². The van der Waals surface area contributed by atoms with Crippen LogP contribution in [0.3, 0.4) is 0 Å². The second kappa shape index (κ2) is 7.28. The molecule has 0 saturated carbocycles. The molecule has 1 aromatic heterocycles. The van der Waals surface area contributed by atoms with Gasteiger partial charge in [0.25, 0.3) is 0 Å². The second-order valence-corrected chi connectivity index (χ2v) is 4.58. The van der Waals surface area contributed by atoms with Gasteiger partial charge < -0.3 is 15.2 Å². The molecule has 0 atom stereocenters. The Kier molecular flexibility index (Phi) is 5.15. The van der Waals surface area contributed by atoms with Crippen molar-refractivity contribution in [2.75, 3.05) is 13.7 Å². The lowest BCUT2D eigenvalue weighted by molar-refractivity contribution is 0.308. The lowest BCUT2D eigenvalue weighted by Gasteiger charge is -2.12. The number of nitrogen functional groups attached to an aromatic ring is 1. The lowest BCUT2D eigenvalue weighted by atomic mass is 10.1. The molecule has 0 aliphatic rings. The standard InChI is InChI=1S/C16H19N3O2/c1-20-13-4-5-14(16(17)18)15(11-13)21-10-2-3-12-6-8-19-9-7-12/h4-9,11H,2-3,10H2,1H3,(H3,17,18). The Bertz CT molecular complexity index is 600. The van der Waals surface area contributed by atoms with Gasteiger partial charge in [-0.3, -0.25) is 10.4 Å². The molecule has 1 heterocycles. The van der Waals surface area contributed by atoms with E-state index in [4.69, 9.17) is 20.6 Å². The molecule has 0 spiro atoms. The fourth-order valence-electron chi connectivity index (χ4n) is 1.98. The van der Waals surface area contributed by atoms with Crippen molar-refractivity contribution in [3.05, 3.63) is 53.9 Å². The molecule has 3 N–H and O–H groups in total. The van der Waals surface area contributed by atoms with Crippen molar-refractivity contribution in [3.8, 4) is 11.5 Å². The number of amidine groups is 1. The molecular formula is C16H19N3O2. The Balaban J connectivity index is 1.94. The molecule has 0 bridgehead atoms. The largest absolute Gasteiger partial charge is 0.497 e. The van der Waals surface area contributed by atoms with E-state index in [0.717, 1.165) is 12.8 Å². The summed E-state index contributed by atoms with van der Waals surface area (Å²) in [4.78, 5) is 3.99. The zero-order chi connectivity index (χ0) is 15.1. The Morgan fingerprint density at radius 2 is 2.00 bits per heavy atom. The first-order valence-corrected chi connectivity index (χ1v) is 6.75. The van der Waals surface area contributed by atoms with E-state index in [1.165, 1.54) is 5.56 Å². The predicted octanol–water partition coefficient (Wildman–Crippen LogP) is 2.39. The maximum absolute atomic E-state index is 7.57. The minimum atomic E-state index is -0.0122. The zero-order valence-corrected chi connectivity index (χ0v) is 12.0. The highest BCUT2D eigenvalue weighted by molar-refractivity contribution is 5.97. The van der Waals surface area contributed by atoms with Crippen molar-refractivity contribution < 1.29 is 9.47 Å². The van der Waals surface area contributed by atoms with Crippen molar-refractivity contribution in [1.82, 2.24) is 4.98 Å². The molecule has 0 unspecified atom stereocenters. The van der Waals surface area contributed by atoms with E-state index in [1.807, 2.05) is 12.1 Å². The Morgan fingerprint density at radius 1 is 1.24 bits per heavy atom. The van der Waals surface area contributed by atoms with Gasteiger partial charge in [0.2, 0.25) is 0 Å². The number of nitrogens with two attached hydrogens (primary N) is 1. The number of hydrogen-bond donors (Lipinski definition) is 2. The number of rotatable bonds is 7. The Hall–Kier alpha value is -2.56. The number of aryl methyl sites for hydroxylation is 1. The summed E-state index contributed by atoms with van der Waals surface area (Å²) < 4.78 is 10.9. The first kappa shape index (κ1) is 14.8. The van der Waals surface area contributed by atoms with E-state index in [2.05, 4.69) is 4.98 Å². The fraction of sp³-hybridized carbons (Fsp3) is 0.250. The van der Waals surface area contributed by atoms with Crippen LogP contribution in [0.5, 0.6) is 11.5 Å². The molecule has 21 heavy (non-hydrogen) atoms. The first-order valence-electron chi connectivity index (χ1n) is 6.75. The van der Waals surface area contributed by atoms with Crippen molar-refractivity contribution in [1.29, 1.82) is 5.41 Å². The fourth-order valence-corrected chi connectivity index (χ4v) is 1.98.